The van der Waals surface area contributed by atoms with Crippen molar-refractivity contribution in [2.75, 3.05) is 19.7 Å². The van der Waals surface area contributed by atoms with E-state index in [4.69, 9.17) is 9.47 Å². The van der Waals surface area contributed by atoms with E-state index in [1.807, 2.05) is 0 Å². The van der Waals surface area contributed by atoms with Crippen LogP contribution in [0.4, 0.5) is 13.6 Å². The quantitative estimate of drug-likeness (QED) is 0.843. The second-order valence-electron chi connectivity index (χ2n) is 8.07. The number of benzene rings is 2. The van der Waals surface area contributed by atoms with Crippen molar-refractivity contribution in [2.45, 2.75) is 38.1 Å². The van der Waals surface area contributed by atoms with Gasteiger partial charge in [-0.3, -0.25) is 0 Å². The summed E-state index contributed by atoms with van der Waals surface area (Å²) in [4.78, 5) is 14.0. The van der Waals surface area contributed by atoms with Crippen LogP contribution < -0.4 is 0 Å². The van der Waals surface area contributed by atoms with Crippen molar-refractivity contribution in [1.29, 1.82) is 0 Å². The van der Waals surface area contributed by atoms with Gasteiger partial charge in [-0.25, -0.2) is 13.6 Å². The van der Waals surface area contributed by atoms with Gasteiger partial charge in [-0.2, -0.15) is 0 Å². The van der Waals surface area contributed by atoms with E-state index in [-0.39, 0.29) is 13.2 Å². The maximum atomic E-state index is 13.5. The zero-order valence-corrected chi connectivity index (χ0v) is 16.7. The number of hydrogen-bond donors (Lipinski definition) is 1. The molecule has 29 heavy (non-hydrogen) atoms. The van der Waals surface area contributed by atoms with E-state index in [0.717, 1.165) is 0 Å². The Labute approximate surface area is 168 Å². The Morgan fingerprint density at radius 3 is 1.97 bits per heavy atom. The number of carbonyl (C=O) groups excluding carboxylic acids is 1. The minimum absolute atomic E-state index is 0.0557. The third-order valence-corrected chi connectivity index (χ3v) is 4.75. The average molecular weight is 405 g/mol. The van der Waals surface area contributed by atoms with Gasteiger partial charge in [0.1, 0.15) is 28.9 Å². The Kier molecular flexibility index (Phi) is 5.91. The number of hydrogen-bond acceptors (Lipinski definition) is 4. The number of nitrogens with zero attached hydrogens (tertiary/aromatic N) is 1. The van der Waals surface area contributed by atoms with Crippen molar-refractivity contribution in [3.8, 4) is 0 Å². The highest BCUT2D eigenvalue weighted by atomic mass is 19.1. The Morgan fingerprint density at radius 1 is 1.03 bits per heavy atom. The van der Waals surface area contributed by atoms with Gasteiger partial charge in [0, 0.05) is 6.54 Å². The van der Waals surface area contributed by atoms with Gasteiger partial charge in [-0.1, -0.05) is 24.3 Å². The third-order valence-electron chi connectivity index (χ3n) is 4.75. The van der Waals surface area contributed by atoms with Crippen molar-refractivity contribution < 1.29 is 28.2 Å². The van der Waals surface area contributed by atoms with E-state index < -0.39 is 35.0 Å². The van der Waals surface area contributed by atoms with Gasteiger partial charge < -0.3 is 19.5 Å². The maximum absolute atomic E-state index is 13.5. The van der Waals surface area contributed by atoms with Gasteiger partial charge in [0.2, 0.25) is 0 Å². The fraction of sp³-hybridized carbons (Fsp3) is 0.409. The van der Waals surface area contributed by atoms with Crippen molar-refractivity contribution in [1.82, 2.24) is 4.90 Å². The van der Waals surface area contributed by atoms with E-state index in [1.165, 1.54) is 53.4 Å². The van der Waals surface area contributed by atoms with Crippen LogP contribution in [0.1, 0.15) is 31.9 Å². The molecule has 0 spiro atoms. The predicted molar refractivity (Wildman–Crippen MR) is 103 cm³/mol. The van der Waals surface area contributed by atoms with Crippen LogP contribution in [0.5, 0.6) is 0 Å². The molecule has 1 saturated heterocycles. The summed E-state index contributed by atoms with van der Waals surface area (Å²) in [5.41, 5.74) is -1.62. The summed E-state index contributed by atoms with van der Waals surface area (Å²) in [7, 11) is 0. The largest absolute Gasteiger partial charge is 0.444 e. The maximum Gasteiger partial charge on any atom is 0.410 e. The van der Waals surface area contributed by atoms with Crippen molar-refractivity contribution in [3.63, 3.8) is 0 Å². The van der Waals surface area contributed by atoms with Crippen molar-refractivity contribution in [3.05, 3.63) is 71.3 Å². The van der Waals surface area contributed by atoms with Crippen LogP contribution >= 0.6 is 0 Å². The summed E-state index contributed by atoms with van der Waals surface area (Å²) >= 11 is 0. The number of halogens is 2. The van der Waals surface area contributed by atoms with Crippen LogP contribution in [0.25, 0.3) is 0 Å². The number of morpholine rings is 1. The van der Waals surface area contributed by atoms with E-state index in [2.05, 4.69) is 0 Å². The molecule has 0 aromatic heterocycles. The summed E-state index contributed by atoms with van der Waals surface area (Å²) in [5, 5.41) is 11.7. The number of rotatable bonds is 3. The van der Waals surface area contributed by atoms with Crippen LogP contribution in [0.2, 0.25) is 0 Å². The molecule has 1 atom stereocenters. The lowest BCUT2D eigenvalue weighted by molar-refractivity contribution is -0.127. The molecular formula is C22H25F2NO4. The summed E-state index contributed by atoms with van der Waals surface area (Å²) < 4.78 is 38.2. The Morgan fingerprint density at radius 2 is 1.52 bits per heavy atom. The van der Waals surface area contributed by atoms with Gasteiger partial charge in [-0.05, 0) is 56.2 Å². The molecule has 1 unspecified atom stereocenters. The van der Waals surface area contributed by atoms with E-state index >= 15 is 0 Å². The molecule has 0 aliphatic carbocycles. The number of aliphatic hydroxyl groups is 1. The number of amides is 1. The van der Waals surface area contributed by atoms with Crippen molar-refractivity contribution >= 4 is 6.09 Å². The highest BCUT2D eigenvalue weighted by Crippen LogP contribution is 2.36. The van der Waals surface area contributed by atoms with E-state index in [0.29, 0.717) is 17.7 Å². The molecule has 7 heteroatoms. The van der Waals surface area contributed by atoms with Crippen LogP contribution in [0.3, 0.4) is 0 Å². The lowest BCUT2D eigenvalue weighted by atomic mass is 9.81. The second kappa shape index (κ2) is 8.08. The Balaban J connectivity index is 1.96. The lowest BCUT2D eigenvalue weighted by Crippen LogP contribution is -2.55. The van der Waals surface area contributed by atoms with Gasteiger partial charge >= 0.3 is 6.09 Å². The first-order valence-electron chi connectivity index (χ1n) is 9.43. The lowest BCUT2D eigenvalue weighted by Gasteiger charge is -2.42. The summed E-state index contributed by atoms with van der Waals surface area (Å²) in [5.74, 6) is -0.898. The fourth-order valence-corrected chi connectivity index (χ4v) is 3.34. The molecular weight excluding hydrogens is 380 g/mol. The monoisotopic (exact) mass is 405 g/mol. The molecule has 0 bridgehead atoms. The van der Waals surface area contributed by atoms with Crippen LogP contribution in [0, 0.1) is 11.6 Å². The molecule has 2 aromatic carbocycles. The van der Waals surface area contributed by atoms with E-state index in [9.17, 15) is 18.7 Å². The molecule has 1 aliphatic heterocycles. The summed E-state index contributed by atoms with van der Waals surface area (Å²) in [6.07, 6.45) is -1.37. The van der Waals surface area contributed by atoms with Crippen LogP contribution in [-0.4, -0.2) is 47.5 Å². The van der Waals surface area contributed by atoms with Gasteiger partial charge in [0.15, 0.2) is 0 Å². The van der Waals surface area contributed by atoms with Gasteiger partial charge in [0.25, 0.3) is 0 Å². The first-order chi connectivity index (χ1) is 13.6. The zero-order valence-electron chi connectivity index (χ0n) is 16.7. The normalized spacial score (nSPS) is 17.9. The SMILES string of the molecule is CC(C)(C)OC(=O)N1CCOC(C(O)(c2ccc(F)cc2)c2ccc(F)cc2)C1. The molecule has 5 nitrogen and oxygen atoms in total. The molecule has 2 aromatic rings. The minimum atomic E-state index is -1.72. The predicted octanol–water partition coefficient (Wildman–Crippen LogP) is 3.84. The fourth-order valence-electron chi connectivity index (χ4n) is 3.34. The molecule has 1 N–H and O–H groups in total. The third kappa shape index (κ3) is 4.74. The van der Waals surface area contributed by atoms with Crippen LogP contribution in [-0.2, 0) is 15.1 Å². The molecule has 1 fully saturated rings. The molecule has 1 aliphatic rings. The molecule has 1 amide bonds. The number of carbonyl (C=O) groups is 1. The number of ether oxygens (including phenoxy) is 2. The van der Waals surface area contributed by atoms with Crippen molar-refractivity contribution in [2.24, 2.45) is 0 Å². The van der Waals surface area contributed by atoms with Gasteiger partial charge in [0.05, 0.1) is 13.2 Å². The molecule has 0 saturated carbocycles. The molecule has 3 rings (SSSR count). The molecule has 1 heterocycles. The highest BCUT2D eigenvalue weighted by molar-refractivity contribution is 5.68. The van der Waals surface area contributed by atoms with Gasteiger partial charge in [-0.15, -0.1) is 0 Å². The minimum Gasteiger partial charge on any atom is -0.444 e. The molecule has 156 valence electrons. The first-order valence-corrected chi connectivity index (χ1v) is 9.43. The topological polar surface area (TPSA) is 59.0 Å². The standard InChI is InChI=1S/C22H25F2NO4/c1-21(2,3)29-20(26)25-12-13-28-19(14-25)22(27,15-4-8-17(23)9-5-15)16-6-10-18(24)11-7-16/h4-11,19,27H,12-14H2,1-3H3. The Bertz CT molecular complexity index is 801. The highest BCUT2D eigenvalue weighted by Gasteiger charge is 2.45. The van der Waals surface area contributed by atoms with Crippen LogP contribution in [0.15, 0.2) is 48.5 Å². The zero-order chi connectivity index (χ0) is 21.2. The smallest absolute Gasteiger partial charge is 0.410 e. The molecule has 0 radical (unpaired) electrons. The Hall–Kier alpha value is -2.51. The average Bonchev–Trinajstić information content (AvgIpc) is 2.67. The first kappa shape index (κ1) is 21.2. The summed E-state index contributed by atoms with van der Waals surface area (Å²) in [6.45, 7) is 5.88. The van der Waals surface area contributed by atoms with E-state index in [1.54, 1.807) is 20.8 Å². The summed E-state index contributed by atoms with van der Waals surface area (Å²) in [6, 6.07) is 10.7. The second-order valence-corrected chi connectivity index (χ2v) is 8.07.